The number of nitro groups is 1. The normalized spacial score (nSPS) is 16.8. The molecule has 76 valence electrons. The molecule has 1 aliphatic carbocycles. The van der Waals surface area contributed by atoms with Crippen molar-refractivity contribution in [3.8, 4) is 12.3 Å². The Morgan fingerprint density at radius 2 is 2.13 bits per heavy atom. The summed E-state index contributed by atoms with van der Waals surface area (Å²) >= 11 is 3.26. The second-order valence-corrected chi connectivity index (χ2v) is 4.60. The van der Waals surface area contributed by atoms with Crippen LogP contribution in [0.5, 0.6) is 0 Å². The number of nitro benzene ring substituents is 1. The van der Waals surface area contributed by atoms with Crippen molar-refractivity contribution in [2.24, 2.45) is 0 Å². The fraction of sp³-hybridized carbons (Fsp3) is 0.273. The van der Waals surface area contributed by atoms with Gasteiger partial charge in [0, 0.05) is 16.6 Å². The minimum atomic E-state index is -0.402. The minimum absolute atomic E-state index is 0.0842. The molecule has 0 unspecified atom stereocenters. The van der Waals surface area contributed by atoms with E-state index >= 15 is 0 Å². The van der Waals surface area contributed by atoms with E-state index in [1.54, 1.807) is 6.07 Å². The summed E-state index contributed by atoms with van der Waals surface area (Å²) in [5.41, 5.74) is 0.695. The zero-order valence-corrected chi connectivity index (χ0v) is 9.45. The smallest absolute Gasteiger partial charge is 0.258 e. The van der Waals surface area contributed by atoms with Gasteiger partial charge in [-0.05, 0) is 24.5 Å². The summed E-state index contributed by atoms with van der Waals surface area (Å²) in [6.07, 6.45) is 7.27. The van der Waals surface area contributed by atoms with Gasteiger partial charge in [-0.1, -0.05) is 21.9 Å². The zero-order valence-electron chi connectivity index (χ0n) is 7.87. The number of non-ortho nitro benzene ring substituents is 1. The molecule has 1 aliphatic rings. The Labute approximate surface area is 95.8 Å². The molecule has 1 aromatic rings. The van der Waals surface area contributed by atoms with E-state index in [1.165, 1.54) is 6.07 Å². The standard InChI is InChI=1S/C11H8BrNO2/c1-2-11(3-4-11)8-5-9(12)7-10(6-8)13(14)15/h1,5-7H,3-4H2. The third-order valence-corrected chi connectivity index (χ3v) is 3.13. The largest absolute Gasteiger partial charge is 0.270 e. The Hall–Kier alpha value is -1.34. The van der Waals surface area contributed by atoms with Gasteiger partial charge in [0.2, 0.25) is 0 Å². The lowest BCUT2D eigenvalue weighted by Crippen LogP contribution is -2.03. The SMILES string of the molecule is C#CC1(c2cc(Br)cc([N+](=O)[O-])c2)CC1. The van der Waals surface area contributed by atoms with E-state index in [9.17, 15) is 10.1 Å². The molecule has 1 saturated carbocycles. The molecular formula is C11H8BrNO2. The number of benzene rings is 1. The summed E-state index contributed by atoms with van der Waals surface area (Å²) in [5.74, 6) is 2.72. The average Bonchev–Trinajstić information content (AvgIpc) is 2.97. The van der Waals surface area contributed by atoms with Crippen molar-refractivity contribution in [2.75, 3.05) is 0 Å². The van der Waals surface area contributed by atoms with Crippen LogP contribution in [0.25, 0.3) is 0 Å². The summed E-state index contributed by atoms with van der Waals surface area (Å²) in [6.45, 7) is 0. The lowest BCUT2D eigenvalue weighted by molar-refractivity contribution is -0.385. The molecule has 0 atom stereocenters. The van der Waals surface area contributed by atoms with E-state index in [1.807, 2.05) is 6.07 Å². The van der Waals surface area contributed by atoms with Crippen LogP contribution in [0.4, 0.5) is 5.69 Å². The number of hydrogen-bond acceptors (Lipinski definition) is 2. The maximum atomic E-state index is 10.7. The number of nitrogens with zero attached hydrogens (tertiary/aromatic N) is 1. The lowest BCUT2D eigenvalue weighted by atomic mass is 9.97. The molecule has 0 amide bonds. The van der Waals surface area contributed by atoms with Crippen molar-refractivity contribution in [3.63, 3.8) is 0 Å². The van der Waals surface area contributed by atoms with Crippen LogP contribution in [-0.2, 0) is 5.41 Å². The molecule has 0 bridgehead atoms. The first-order valence-electron chi connectivity index (χ1n) is 4.51. The Bertz CT molecular complexity index is 472. The third-order valence-electron chi connectivity index (χ3n) is 2.67. The van der Waals surface area contributed by atoms with Crippen molar-refractivity contribution >= 4 is 21.6 Å². The maximum absolute atomic E-state index is 10.7. The molecule has 0 aliphatic heterocycles. The van der Waals surface area contributed by atoms with Gasteiger partial charge in [0.05, 0.1) is 10.3 Å². The van der Waals surface area contributed by atoms with Gasteiger partial charge in [0.15, 0.2) is 0 Å². The first-order valence-corrected chi connectivity index (χ1v) is 5.30. The van der Waals surface area contributed by atoms with Gasteiger partial charge in [-0.15, -0.1) is 6.42 Å². The Kier molecular flexibility index (Phi) is 2.28. The summed E-state index contributed by atoms with van der Waals surface area (Å²) in [7, 11) is 0. The molecule has 0 N–H and O–H groups in total. The fourth-order valence-corrected chi connectivity index (χ4v) is 2.08. The summed E-state index contributed by atoms with van der Waals surface area (Å²) in [6, 6.07) is 4.91. The number of terminal acetylenes is 1. The molecule has 0 spiro atoms. The van der Waals surface area contributed by atoms with E-state index in [0.29, 0.717) is 4.47 Å². The van der Waals surface area contributed by atoms with Gasteiger partial charge in [-0.2, -0.15) is 0 Å². The molecule has 1 aromatic carbocycles. The van der Waals surface area contributed by atoms with E-state index < -0.39 is 4.92 Å². The van der Waals surface area contributed by atoms with Crippen molar-refractivity contribution in [1.29, 1.82) is 0 Å². The van der Waals surface area contributed by atoms with Gasteiger partial charge in [-0.3, -0.25) is 10.1 Å². The Morgan fingerprint density at radius 3 is 2.60 bits per heavy atom. The predicted octanol–water partition coefficient (Wildman–Crippen LogP) is 3.02. The van der Waals surface area contributed by atoms with E-state index in [0.717, 1.165) is 18.4 Å². The minimum Gasteiger partial charge on any atom is -0.258 e. The van der Waals surface area contributed by atoms with E-state index in [-0.39, 0.29) is 11.1 Å². The van der Waals surface area contributed by atoms with Crippen LogP contribution in [0, 0.1) is 22.5 Å². The molecule has 4 heteroatoms. The van der Waals surface area contributed by atoms with Crippen LogP contribution in [-0.4, -0.2) is 4.92 Å². The zero-order chi connectivity index (χ0) is 11.1. The van der Waals surface area contributed by atoms with Crippen molar-refractivity contribution in [1.82, 2.24) is 0 Å². The van der Waals surface area contributed by atoms with Crippen molar-refractivity contribution in [3.05, 3.63) is 38.3 Å². The van der Waals surface area contributed by atoms with Crippen LogP contribution in [0.1, 0.15) is 18.4 Å². The number of rotatable bonds is 2. The van der Waals surface area contributed by atoms with Crippen LogP contribution in [0.3, 0.4) is 0 Å². The monoisotopic (exact) mass is 265 g/mol. The molecule has 2 rings (SSSR count). The Morgan fingerprint density at radius 1 is 1.47 bits per heavy atom. The van der Waals surface area contributed by atoms with Crippen molar-refractivity contribution < 1.29 is 4.92 Å². The highest BCUT2D eigenvalue weighted by Gasteiger charge is 2.43. The summed E-state index contributed by atoms with van der Waals surface area (Å²) in [5, 5.41) is 10.7. The molecule has 0 saturated heterocycles. The molecule has 15 heavy (non-hydrogen) atoms. The van der Waals surface area contributed by atoms with E-state index in [4.69, 9.17) is 6.42 Å². The number of hydrogen-bond donors (Lipinski definition) is 0. The van der Waals surface area contributed by atoms with Crippen LogP contribution in [0.2, 0.25) is 0 Å². The lowest BCUT2D eigenvalue weighted by Gasteiger charge is -2.07. The molecule has 0 radical (unpaired) electrons. The summed E-state index contributed by atoms with van der Waals surface area (Å²) < 4.78 is 0.702. The van der Waals surface area contributed by atoms with Gasteiger partial charge in [0.1, 0.15) is 0 Å². The van der Waals surface area contributed by atoms with Gasteiger partial charge in [-0.25, -0.2) is 0 Å². The van der Waals surface area contributed by atoms with Gasteiger partial charge >= 0.3 is 0 Å². The first kappa shape index (κ1) is 10.2. The number of halogens is 1. The second kappa shape index (κ2) is 3.35. The van der Waals surface area contributed by atoms with Crippen LogP contribution < -0.4 is 0 Å². The molecule has 0 heterocycles. The average molecular weight is 266 g/mol. The second-order valence-electron chi connectivity index (χ2n) is 3.68. The molecular weight excluding hydrogens is 258 g/mol. The quantitative estimate of drug-likeness (QED) is 0.469. The molecule has 3 nitrogen and oxygen atoms in total. The van der Waals surface area contributed by atoms with Gasteiger partial charge < -0.3 is 0 Å². The summed E-state index contributed by atoms with van der Waals surface area (Å²) in [4.78, 5) is 10.3. The highest BCUT2D eigenvalue weighted by molar-refractivity contribution is 9.10. The molecule has 1 fully saturated rings. The van der Waals surface area contributed by atoms with Crippen molar-refractivity contribution in [2.45, 2.75) is 18.3 Å². The Balaban J connectivity index is 2.50. The van der Waals surface area contributed by atoms with E-state index in [2.05, 4.69) is 21.9 Å². The first-order chi connectivity index (χ1) is 7.07. The fourth-order valence-electron chi connectivity index (χ4n) is 1.60. The topological polar surface area (TPSA) is 43.1 Å². The highest BCUT2D eigenvalue weighted by atomic mass is 79.9. The molecule has 0 aromatic heterocycles. The highest BCUT2D eigenvalue weighted by Crippen LogP contribution is 2.48. The van der Waals surface area contributed by atoms with Crippen LogP contribution >= 0.6 is 15.9 Å². The van der Waals surface area contributed by atoms with Crippen LogP contribution in [0.15, 0.2) is 22.7 Å². The third kappa shape index (κ3) is 1.75. The van der Waals surface area contributed by atoms with Gasteiger partial charge in [0.25, 0.3) is 5.69 Å². The maximum Gasteiger partial charge on any atom is 0.270 e. The predicted molar refractivity (Wildman–Crippen MR) is 60.5 cm³/mol.